The molecule has 0 N–H and O–H groups in total. The molecule has 0 unspecified atom stereocenters. The Hall–Kier alpha value is -1.64. The summed E-state index contributed by atoms with van der Waals surface area (Å²) in [5, 5.41) is 4.03. The van der Waals surface area contributed by atoms with E-state index in [-0.39, 0.29) is 0 Å². The number of nitrogens with zero attached hydrogens (tertiary/aromatic N) is 3. The first-order valence-electron chi connectivity index (χ1n) is 3.58. The van der Waals surface area contributed by atoms with Gasteiger partial charge in [-0.15, -0.1) is 0 Å². The van der Waals surface area contributed by atoms with Crippen molar-refractivity contribution >= 4 is 0 Å². The van der Waals surface area contributed by atoms with Crippen molar-refractivity contribution in [3.8, 4) is 5.82 Å². The van der Waals surface area contributed by atoms with E-state index in [0.29, 0.717) is 5.56 Å². The number of rotatable bonds is 1. The summed E-state index contributed by atoms with van der Waals surface area (Å²) in [6.07, 6.45) is 5.18. The molecule has 0 atom stereocenters. The summed E-state index contributed by atoms with van der Waals surface area (Å²) in [5.41, 5.74) is 0.690. The topological polar surface area (TPSA) is 30.7 Å². The smallest absolute Gasteiger partial charge is 0.153 e. The normalized spacial score (nSPS) is 10.1. The largest absolute Gasteiger partial charge is 0.237 e. The summed E-state index contributed by atoms with van der Waals surface area (Å²) in [6.45, 7) is 5.58. The van der Waals surface area contributed by atoms with Crippen LogP contribution in [0.2, 0.25) is 0 Å². The van der Waals surface area contributed by atoms with Gasteiger partial charge in [0.15, 0.2) is 5.82 Å². The first kappa shape index (κ1) is 7.03. The van der Waals surface area contributed by atoms with E-state index in [4.69, 9.17) is 6.92 Å². The SMILES string of the molecule is [CH]c1ccnc(-n2cccn2)c1. The van der Waals surface area contributed by atoms with E-state index < -0.39 is 0 Å². The molecule has 3 nitrogen and oxygen atoms in total. The van der Waals surface area contributed by atoms with Crippen LogP contribution in [-0.4, -0.2) is 14.8 Å². The molecular formula is C9H7N3. The van der Waals surface area contributed by atoms with Gasteiger partial charge < -0.3 is 0 Å². The molecule has 2 aromatic heterocycles. The predicted molar refractivity (Wildman–Crippen MR) is 44.8 cm³/mol. The molecule has 12 heavy (non-hydrogen) atoms. The van der Waals surface area contributed by atoms with Crippen LogP contribution in [0.15, 0.2) is 36.8 Å². The van der Waals surface area contributed by atoms with Gasteiger partial charge in [0.1, 0.15) is 0 Å². The summed E-state index contributed by atoms with van der Waals surface area (Å²) in [6, 6.07) is 5.35. The lowest BCUT2D eigenvalue weighted by molar-refractivity contribution is 0.846. The van der Waals surface area contributed by atoms with Gasteiger partial charge in [-0.25, -0.2) is 9.67 Å². The van der Waals surface area contributed by atoms with Gasteiger partial charge in [-0.2, -0.15) is 5.10 Å². The number of hydrogen-bond acceptors (Lipinski definition) is 2. The molecule has 0 aromatic carbocycles. The quantitative estimate of drug-likeness (QED) is 0.625. The molecule has 3 heteroatoms. The highest BCUT2D eigenvalue weighted by molar-refractivity contribution is 5.28. The van der Waals surface area contributed by atoms with Crippen molar-refractivity contribution in [2.24, 2.45) is 0 Å². The first-order valence-corrected chi connectivity index (χ1v) is 3.58. The summed E-state index contributed by atoms with van der Waals surface area (Å²) >= 11 is 0. The number of pyridine rings is 1. The van der Waals surface area contributed by atoms with E-state index in [1.54, 1.807) is 29.2 Å². The second kappa shape index (κ2) is 2.77. The third-order valence-corrected chi connectivity index (χ3v) is 1.51. The molecule has 58 valence electrons. The lowest BCUT2D eigenvalue weighted by atomic mass is 10.3. The van der Waals surface area contributed by atoms with Crippen LogP contribution in [0.25, 0.3) is 5.82 Å². The predicted octanol–water partition coefficient (Wildman–Crippen LogP) is 1.33. The van der Waals surface area contributed by atoms with Crippen molar-refractivity contribution in [3.05, 3.63) is 49.3 Å². The monoisotopic (exact) mass is 157 g/mol. The highest BCUT2D eigenvalue weighted by Crippen LogP contribution is 2.03. The van der Waals surface area contributed by atoms with Gasteiger partial charge in [0.25, 0.3) is 0 Å². The standard InChI is InChI=1S/C9H7N3/c1-8-3-5-10-9(7-8)12-6-2-4-11-12/h1-7H. The summed E-state index contributed by atoms with van der Waals surface area (Å²) in [4.78, 5) is 4.10. The number of hydrogen-bond donors (Lipinski definition) is 0. The third kappa shape index (κ3) is 1.21. The third-order valence-electron chi connectivity index (χ3n) is 1.51. The minimum atomic E-state index is 0.690. The fourth-order valence-corrected chi connectivity index (χ4v) is 0.964. The Bertz CT molecular complexity index is 365. The molecule has 2 radical (unpaired) electrons. The van der Waals surface area contributed by atoms with Crippen molar-refractivity contribution in [1.29, 1.82) is 0 Å². The van der Waals surface area contributed by atoms with Crippen LogP contribution in [0.1, 0.15) is 5.56 Å². The zero-order chi connectivity index (χ0) is 8.39. The van der Waals surface area contributed by atoms with E-state index in [0.717, 1.165) is 5.82 Å². The van der Waals surface area contributed by atoms with Gasteiger partial charge in [-0.3, -0.25) is 0 Å². The van der Waals surface area contributed by atoms with Crippen molar-refractivity contribution in [2.45, 2.75) is 0 Å². The summed E-state index contributed by atoms with van der Waals surface area (Å²) < 4.78 is 1.66. The highest BCUT2D eigenvalue weighted by atomic mass is 15.3. The Morgan fingerprint density at radius 1 is 1.33 bits per heavy atom. The molecule has 0 fully saturated rings. The minimum Gasteiger partial charge on any atom is -0.237 e. The molecule has 0 aliphatic carbocycles. The van der Waals surface area contributed by atoms with Gasteiger partial charge in [0.05, 0.1) is 0 Å². The maximum Gasteiger partial charge on any atom is 0.153 e. The van der Waals surface area contributed by atoms with E-state index in [2.05, 4.69) is 10.1 Å². The van der Waals surface area contributed by atoms with Crippen LogP contribution in [-0.2, 0) is 0 Å². The molecule has 0 saturated carbocycles. The average Bonchev–Trinajstić information content (AvgIpc) is 2.56. The second-order valence-electron chi connectivity index (χ2n) is 2.40. The maximum atomic E-state index is 5.58. The van der Waals surface area contributed by atoms with E-state index >= 15 is 0 Å². The summed E-state index contributed by atoms with van der Waals surface area (Å²) in [7, 11) is 0. The van der Waals surface area contributed by atoms with Crippen LogP contribution in [0.3, 0.4) is 0 Å². The van der Waals surface area contributed by atoms with E-state index in [1.807, 2.05) is 12.3 Å². The van der Waals surface area contributed by atoms with Crippen LogP contribution in [0.4, 0.5) is 0 Å². The molecule has 0 aliphatic rings. The van der Waals surface area contributed by atoms with Gasteiger partial charge in [0.2, 0.25) is 0 Å². The lowest BCUT2D eigenvalue weighted by Crippen LogP contribution is -1.97. The minimum absolute atomic E-state index is 0.690. The molecular weight excluding hydrogens is 150 g/mol. The van der Waals surface area contributed by atoms with Crippen LogP contribution in [0, 0.1) is 6.92 Å². The van der Waals surface area contributed by atoms with Gasteiger partial charge in [0, 0.05) is 18.6 Å². The van der Waals surface area contributed by atoms with E-state index in [9.17, 15) is 0 Å². The molecule has 0 saturated heterocycles. The van der Waals surface area contributed by atoms with Crippen LogP contribution >= 0.6 is 0 Å². The lowest BCUT2D eigenvalue weighted by Gasteiger charge is -1.99. The van der Waals surface area contributed by atoms with Crippen molar-refractivity contribution in [3.63, 3.8) is 0 Å². The molecule has 0 bridgehead atoms. The molecule has 0 aliphatic heterocycles. The van der Waals surface area contributed by atoms with E-state index in [1.165, 1.54) is 0 Å². The fraction of sp³-hybridized carbons (Fsp3) is 0. The Balaban J connectivity index is 2.48. The zero-order valence-corrected chi connectivity index (χ0v) is 6.38. The Labute approximate surface area is 70.7 Å². The molecule has 0 amide bonds. The van der Waals surface area contributed by atoms with Crippen LogP contribution in [0.5, 0.6) is 0 Å². The molecule has 0 spiro atoms. The zero-order valence-electron chi connectivity index (χ0n) is 6.38. The van der Waals surface area contributed by atoms with Crippen molar-refractivity contribution in [1.82, 2.24) is 14.8 Å². The van der Waals surface area contributed by atoms with Gasteiger partial charge in [-0.05, 0) is 30.7 Å². The Morgan fingerprint density at radius 2 is 2.25 bits per heavy atom. The van der Waals surface area contributed by atoms with Crippen molar-refractivity contribution in [2.75, 3.05) is 0 Å². The molecule has 2 rings (SSSR count). The Kier molecular flexibility index (Phi) is 1.63. The van der Waals surface area contributed by atoms with Gasteiger partial charge >= 0.3 is 0 Å². The average molecular weight is 157 g/mol. The van der Waals surface area contributed by atoms with Crippen LogP contribution < -0.4 is 0 Å². The highest BCUT2D eigenvalue weighted by Gasteiger charge is 1.95. The van der Waals surface area contributed by atoms with Gasteiger partial charge in [-0.1, -0.05) is 0 Å². The van der Waals surface area contributed by atoms with Crippen molar-refractivity contribution < 1.29 is 0 Å². The molecule has 2 aromatic rings. The fourth-order valence-electron chi connectivity index (χ4n) is 0.964. The number of aromatic nitrogens is 3. The maximum absolute atomic E-state index is 5.58. The second-order valence-corrected chi connectivity index (χ2v) is 2.40. The molecule has 2 heterocycles. The Morgan fingerprint density at radius 3 is 2.92 bits per heavy atom. The summed E-state index contributed by atoms with van der Waals surface area (Å²) in [5.74, 6) is 0.736. The first-order chi connectivity index (χ1) is 5.86.